The first-order valence-corrected chi connectivity index (χ1v) is 14.8. The number of likely N-dealkylation sites (tertiary alicyclic amines) is 1. The van der Waals surface area contributed by atoms with E-state index in [2.05, 4.69) is 16.7 Å². The molecular weight excluding hydrogens is 571 g/mol. The highest BCUT2D eigenvalue weighted by Gasteiger charge is 2.53. The average molecular weight is 606 g/mol. The van der Waals surface area contributed by atoms with Crippen LogP contribution < -0.4 is 15.5 Å². The summed E-state index contributed by atoms with van der Waals surface area (Å²) in [6, 6.07) is 14.3. The first-order chi connectivity index (χ1) is 21.1. The van der Waals surface area contributed by atoms with E-state index in [9.17, 15) is 28.0 Å². The molecule has 2 aromatic rings. The number of benzene rings is 2. The molecule has 0 spiro atoms. The van der Waals surface area contributed by atoms with Crippen LogP contribution in [0.3, 0.4) is 0 Å². The molecule has 2 N–H and O–H groups in total. The number of carbonyl (C=O) groups is 2. The number of amides is 2. The van der Waals surface area contributed by atoms with Crippen molar-refractivity contribution in [3.63, 3.8) is 0 Å². The Hall–Kier alpha value is -4.14. The van der Waals surface area contributed by atoms with Gasteiger partial charge in [0.25, 0.3) is 11.8 Å². The third-order valence-corrected chi connectivity index (χ3v) is 9.15. The standard InChI is InChI=1S/C33H34F3N5O3/c1-31(16-22(19-37)12-14-39-31)41-28(9-10-29(41)42)30(43)40(26-7-4-6-24(34)15-26)32(13-11-23-5-2-3-8-27(23)32)20-44-21-38-25-17-33(35,36)18-25/h2-8,12,14-16,25,28,38-39H,9-11,13,17-18,20-21H2,1H3/t28-,31?,32+/m0/s1. The van der Waals surface area contributed by atoms with Crippen LogP contribution in [0.2, 0.25) is 0 Å². The third-order valence-electron chi connectivity index (χ3n) is 9.15. The Morgan fingerprint density at radius 2 is 2.00 bits per heavy atom. The second kappa shape index (κ2) is 11.4. The number of nitrogens with one attached hydrogen (secondary N) is 2. The summed E-state index contributed by atoms with van der Waals surface area (Å²) < 4.78 is 47.7. The molecule has 3 atom stereocenters. The van der Waals surface area contributed by atoms with E-state index in [0.717, 1.165) is 11.1 Å². The molecule has 4 aliphatic rings. The van der Waals surface area contributed by atoms with Gasteiger partial charge in [-0.3, -0.25) is 19.8 Å². The van der Waals surface area contributed by atoms with Gasteiger partial charge in [-0.25, -0.2) is 13.2 Å². The van der Waals surface area contributed by atoms with E-state index in [1.807, 2.05) is 24.3 Å². The number of nitriles is 1. The molecule has 2 aliphatic carbocycles. The van der Waals surface area contributed by atoms with Gasteiger partial charge in [0.15, 0.2) is 0 Å². The molecule has 230 valence electrons. The zero-order valence-corrected chi connectivity index (χ0v) is 24.4. The Labute approximate surface area is 254 Å². The number of nitrogens with zero attached hydrogens (tertiary/aromatic N) is 3. The predicted octanol–water partition coefficient (Wildman–Crippen LogP) is 4.64. The van der Waals surface area contributed by atoms with Crippen LogP contribution in [0.15, 0.2) is 72.5 Å². The highest BCUT2D eigenvalue weighted by molar-refractivity contribution is 6.02. The van der Waals surface area contributed by atoms with Crippen molar-refractivity contribution in [2.75, 3.05) is 18.2 Å². The fraction of sp³-hybridized carbons (Fsp3) is 0.424. The van der Waals surface area contributed by atoms with E-state index in [-0.39, 0.29) is 51.0 Å². The molecule has 6 rings (SSSR count). The Morgan fingerprint density at radius 3 is 2.75 bits per heavy atom. The number of hydrogen-bond donors (Lipinski definition) is 2. The number of rotatable bonds is 9. The molecule has 2 aliphatic heterocycles. The van der Waals surface area contributed by atoms with Crippen molar-refractivity contribution in [3.8, 4) is 6.07 Å². The van der Waals surface area contributed by atoms with Crippen LogP contribution in [0.1, 0.15) is 50.2 Å². The van der Waals surface area contributed by atoms with Crippen LogP contribution in [0, 0.1) is 17.1 Å². The smallest absolute Gasteiger partial charge is 0.251 e. The van der Waals surface area contributed by atoms with Gasteiger partial charge in [-0.1, -0.05) is 30.3 Å². The molecule has 1 saturated heterocycles. The van der Waals surface area contributed by atoms with E-state index in [0.29, 0.717) is 24.1 Å². The number of ether oxygens (including phenoxy) is 1. The number of carbonyl (C=O) groups excluding carboxylic acids is 2. The van der Waals surface area contributed by atoms with E-state index in [1.54, 1.807) is 36.2 Å². The summed E-state index contributed by atoms with van der Waals surface area (Å²) in [6.07, 6.45) is 5.75. The fourth-order valence-corrected chi connectivity index (χ4v) is 7.07. The number of halogens is 3. The van der Waals surface area contributed by atoms with Gasteiger partial charge < -0.3 is 15.0 Å². The van der Waals surface area contributed by atoms with Crippen LogP contribution in [-0.4, -0.2) is 53.7 Å². The number of aryl methyl sites for hydroxylation is 1. The lowest BCUT2D eigenvalue weighted by atomic mass is 9.88. The highest BCUT2D eigenvalue weighted by Crippen LogP contribution is 2.46. The summed E-state index contributed by atoms with van der Waals surface area (Å²) in [4.78, 5) is 31.4. The summed E-state index contributed by atoms with van der Waals surface area (Å²) in [5.41, 5.74) is 0.317. The quantitative estimate of drug-likeness (QED) is 0.320. The number of hydrogen-bond acceptors (Lipinski definition) is 6. The number of alkyl halides is 2. The van der Waals surface area contributed by atoms with Gasteiger partial charge in [0.05, 0.1) is 30.5 Å². The van der Waals surface area contributed by atoms with Crippen LogP contribution in [0.4, 0.5) is 18.9 Å². The van der Waals surface area contributed by atoms with E-state index in [4.69, 9.17) is 4.74 Å². The summed E-state index contributed by atoms with van der Waals surface area (Å²) in [7, 11) is 0. The zero-order valence-electron chi connectivity index (χ0n) is 24.4. The molecule has 2 heterocycles. The van der Waals surface area contributed by atoms with Crippen molar-refractivity contribution in [2.24, 2.45) is 0 Å². The molecule has 8 nitrogen and oxygen atoms in total. The molecule has 0 bridgehead atoms. The maximum absolute atomic E-state index is 14.9. The monoisotopic (exact) mass is 605 g/mol. The second-order valence-corrected chi connectivity index (χ2v) is 12.2. The van der Waals surface area contributed by atoms with Gasteiger partial charge >= 0.3 is 0 Å². The SMILES string of the molecule is CC1(N2C(=O)CC[C@H]2C(=O)N(c2cccc(F)c2)[C@@]2(COCNC3CC(F)(F)C3)CCc3ccccc32)C=C(C#N)C=CN1. The van der Waals surface area contributed by atoms with E-state index < -0.39 is 34.9 Å². The first kappa shape index (κ1) is 29.9. The number of anilines is 1. The molecule has 0 radical (unpaired) electrons. The van der Waals surface area contributed by atoms with Crippen molar-refractivity contribution in [3.05, 3.63) is 89.4 Å². The highest BCUT2D eigenvalue weighted by atomic mass is 19.3. The molecule has 44 heavy (non-hydrogen) atoms. The molecule has 2 aromatic carbocycles. The molecule has 0 aromatic heterocycles. The summed E-state index contributed by atoms with van der Waals surface area (Å²) in [6.45, 7) is 1.75. The zero-order chi connectivity index (χ0) is 31.1. The van der Waals surface area contributed by atoms with Crippen LogP contribution in [-0.2, 0) is 26.3 Å². The average Bonchev–Trinajstić information content (AvgIpc) is 3.56. The van der Waals surface area contributed by atoms with Crippen molar-refractivity contribution >= 4 is 17.5 Å². The summed E-state index contributed by atoms with van der Waals surface area (Å²) in [5, 5.41) is 15.7. The van der Waals surface area contributed by atoms with Crippen molar-refractivity contribution < 1.29 is 27.5 Å². The van der Waals surface area contributed by atoms with E-state index in [1.165, 1.54) is 23.1 Å². The maximum atomic E-state index is 14.9. The van der Waals surface area contributed by atoms with Gasteiger partial charge in [0, 0.05) is 31.0 Å². The van der Waals surface area contributed by atoms with Crippen molar-refractivity contribution in [1.82, 2.24) is 15.5 Å². The molecule has 2 amide bonds. The van der Waals surface area contributed by atoms with Gasteiger partial charge in [0.1, 0.15) is 17.5 Å². The molecule has 11 heteroatoms. The minimum atomic E-state index is -2.67. The minimum absolute atomic E-state index is 0.0000580. The number of fused-ring (bicyclic) bond motifs is 1. The molecule has 2 fully saturated rings. The van der Waals surface area contributed by atoms with Crippen molar-refractivity contribution in [1.29, 1.82) is 5.26 Å². The normalized spacial score (nSPS) is 27.2. The Kier molecular flexibility index (Phi) is 7.76. The molecule has 1 unspecified atom stereocenters. The van der Waals surface area contributed by atoms with Crippen molar-refractivity contribution in [2.45, 2.75) is 74.7 Å². The topological polar surface area (TPSA) is 97.7 Å². The summed E-state index contributed by atoms with van der Waals surface area (Å²) in [5.74, 6) is -3.85. The van der Waals surface area contributed by atoms with Crippen LogP contribution >= 0.6 is 0 Å². The summed E-state index contributed by atoms with van der Waals surface area (Å²) >= 11 is 0. The van der Waals surface area contributed by atoms with Gasteiger partial charge in [-0.05, 0) is 73.9 Å². The lowest BCUT2D eigenvalue weighted by Crippen LogP contribution is -2.64. The number of allylic oxidation sites excluding steroid dienone is 2. The Balaban J connectivity index is 1.38. The van der Waals surface area contributed by atoms with Gasteiger partial charge in [-0.15, -0.1) is 0 Å². The second-order valence-electron chi connectivity index (χ2n) is 12.2. The molecular formula is C33H34F3N5O3. The Morgan fingerprint density at radius 1 is 1.20 bits per heavy atom. The van der Waals surface area contributed by atoms with Crippen LogP contribution in [0.25, 0.3) is 0 Å². The van der Waals surface area contributed by atoms with Gasteiger partial charge in [0.2, 0.25) is 5.91 Å². The van der Waals surface area contributed by atoms with Crippen LogP contribution in [0.5, 0.6) is 0 Å². The van der Waals surface area contributed by atoms with E-state index >= 15 is 0 Å². The Bertz CT molecular complexity index is 1560. The molecule has 1 saturated carbocycles. The largest absolute Gasteiger partial charge is 0.366 e. The lowest BCUT2D eigenvalue weighted by molar-refractivity contribution is -0.140. The first-order valence-electron chi connectivity index (χ1n) is 14.8. The third kappa shape index (κ3) is 5.37. The number of dihydropyridines is 1. The minimum Gasteiger partial charge on any atom is -0.366 e. The predicted molar refractivity (Wildman–Crippen MR) is 156 cm³/mol. The maximum Gasteiger partial charge on any atom is 0.251 e. The fourth-order valence-electron chi connectivity index (χ4n) is 7.07. The lowest BCUT2D eigenvalue weighted by Gasteiger charge is -2.47. The van der Waals surface area contributed by atoms with Gasteiger partial charge in [-0.2, -0.15) is 5.26 Å².